The molecule has 14 heavy (non-hydrogen) atoms. The summed E-state index contributed by atoms with van der Waals surface area (Å²) in [6, 6.07) is 0.555. The Hall–Kier alpha value is -0.680. The van der Waals surface area contributed by atoms with E-state index in [0.29, 0.717) is 11.2 Å². The summed E-state index contributed by atoms with van der Waals surface area (Å²) in [5.41, 5.74) is 0. The highest BCUT2D eigenvalue weighted by molar-refractivity contribution is 7.07. The number of aryl methyl sites for hydroxylation is 1. The first kappa shape index (κ1) is 9.86. The zero-order valence-electron chi connectivity index (χ0n) is 8.56. The number of rotatable bonds is 3. The molecule has 5 heteroatoms. The molecular formula is C9H15N3OS. The van der Waals surface area contributed by atoms with E-state index in [1.165, 1.54) is 30.9 Å². The van der Waals surface area contributed by atoms with Crippen LogP contribution in [0.3, 0.4) is 0 Å². The van der Waals surface area contributed by atoms with Gasteiger partial charge in [0.15, 0.2) is 0 Å². The molecule has 1 aliphatic heterocycles. The van der Waals surface area contributed by atoms with Crippen LogP contribution in [0.2, 0.25) is 0 Å². The van der Waals surface area contributed by atoms with Gasteiger partial charge in [0.2, 0.25) is 0 Å². The van der Waals surface area contributed by atoms with E-state index < -0.39 is 0 Å². The van der Waals surface area contributed by atoms with Gasteiger partial charge in [-0.1, -0.05) is 0 Å². The number of hydrogen-bond donors (Lipinski definition) is 0. The smallest absolute Gasteiger partial charge is 0.293 e. The number of aromatic nitrogens is 2. The Morgan fingerprint density at radius 1 is 1.64 bits per heavy atom. The average molecular weight is 213 g/mol. The molecule has 1 aliphatic rings. The summed E-state index contributed by atoms with van der Waals surface area (Å²) < 4.78 is 9.66. The molecular weight excluding hydrogens is 198 g/mol. The van der Waals surface area contributed by atoms with Crippen LogP contribution in [0.4, 0.5) is 0 Å². The molecule has 0 bridgehead atoms. The highest BCUT2D eigenvalue weighted by atomic mass is 32.1. The maximum absolute atomic E-state index is 5.58. The van der Waals surface area contributed by atoms with Gasteiger partial charge in [-0.15, -0.1) is 0 Å². The highest BCUT2D eigenvalue weighted by Crippen LogP contribution is 2.18. The van der Waals surface area contributed by atoms with Gasteiger partial charge in [-0.05, 0) is 33.4 Å². The molecule has 4 nitrogen and oxygen atoms in total. The summed E-state index contributed by atoms with van der Waals surface area (Å²) in [6.07, 6.45) is 2.51. The summed E-state index contributed by atoms with van der Waals surface area (Å²) in [7, 11) is 2.15. The van der Waals surface area contributed by atoms with Crippen molar-refractivity contribution in [3.8, 4) is 5.19 Å². The molecule has 0 spiro atoms. The minimum Gasteiger partial charge on any atom is -0.467 e. The molecule has 0 N–H and O–H groups in total. The molecule has 0 saturated carbocycles. The summed E-state index contributed by atoms with van der Waals surface area (Å²) in [5, 5.41) is 0.697. The lowest BCUT2D eigenvalue weighted by molar-refractivity contribution is 0.197. The second-order valence-corrected chi connectivity index (χ2v) is 4.41. The molecule has 1 saturated heterocycles. The SMILES string of the molecule is Cc1nsc(OCC2CCCN2C)n1. The Morgan fingerprint density at radius 2 is 2.50 bits per heavy atom. The molecule has 1 atom stereocenters. The largest absolute Gasteiger partial charge is 0.467 e. The van der Waals surface area contributed by atoms with E-state index in [0.717, 1.165) is 12.4 Å². The molecule has 0 aromatic carbocycles. The molecule has 1 aromatic rings. The van der Waals surface area contributed by atoms with Crippen LogP contribution >= 0.6 is 11.5 Å². The number of likely N-dealkylation sites (N-methyl/N-ethyl adjacent to an activating group) is 1. The molecule has 1 fully saturated rings. The summed E-state index contributed by atoms with van der Waals surface area (Å²) in [5.74, 6) is 0.796. The van der Waals surface area contributed by atoms with Gasteiger partial charge in [0.25, 0.3) is 5.19 Å². The fraction of sp³-hybridized carbons (Fsp3) is 0.778. The number of likely N-dealkylation sites (tertiary alicyclic amines) is 1. The van der Waals surface area contributed by atoms with Crippen molar-refractivity contribution in [1.82, 2.24) is 14.3 Å². The second-order valence-electron chi connectivity index (χ2n) is 3.70. The highest BCUT2D eigenvalue weighted by Gasteiger charge is 2.21. The molecule has 78 valence electrons. The van der Waals surface area contributed by atoms with E-state index in [4.69, 9.17) is 4.74 Å². The van der Waals surface area contributed by atoms with Crippen LogP contribution in [-0.2, 0) is 0 Å². The maximum Gasteiger partial charge on any atom is 0.293 e. The van der Waals surface area contributed by atoms with E-state index in [1.54, 1.807) is 0 Å². The Balaban J connectivity index is 1.82. The van der Waals surface area contributed by atoms with E-state index in [2.05, 4.69) is 21.3 Å². The van der Waals surface area contributed by atoms with E-state index in [9.17, 15) is 0 Å². The Bertz CT molecular complexity index is 302. The van der Waals surface area contributed by atoms with Crippen LogP contribution in [0, 0.1) is 6.92 Å². The lowest BCUT2D eigenvalue weighted by Crippen LogP contribution is -2.30. The van der Waals surface area contributed by atoms with Crippen LogP contribution in [-0.4, -0.2) is 40.5 Å². The third kappa shape index (κ3) is 2.22. The number of hydrogen-bond acceptors (Lipinski definition) is 5. The molecule has 2 heterocycles. The van der Waals surface area contributed by atoms with E-state index in [-0.39, 0.29) is 0 Å². The Morgan fingerprint density at radius 3 is 3.07 bits per heavy atom. The number of nitrogens with zero attached hydrogens (tertiary/aromatic N) is 3. The van der Waals surface area contributed by atoms with Crippen LogP contribution in [0.25, 0.3) is 0 Å². The van der Waals surface area contributed by atoms with Gasteiger partial charge >= 0.3 is 0 Å². The molecule has 1 aromatic heterocycles. The predicted octanol–water partition coefficient (Wildman–Crippen LogP) is 1.32. The van der Waals surface area contributed by atoms with Crippen molar-refractivity contribution in [2.75, 3.05) is 20.2 Å². The molecule has 2 rings (SSSR count). The molecule has 0 aliphatic carbocycles. The fourth-order valence-electron chi connectivity index (χ4n) is 1.69. The predicted molar refractivity (Wildman–Crippen MR) is 55.8 cm³/mol. The van der Waals surface area contributed by atoms with Crippen molar-refractivity contribution in [2.24, 2.45) is 0 Å². The minimum absolute atomic E-state index is 0.555. The van der Waals surface area contributed by atoms with Crippen LogP contribution in [0.1, 0.15) is 18.7 Å². The quantitative estimate of drug-likeness (QED) is 0.759. The first-order chi connectivity index (χ1) is 6.75. The van der Waals surface area contributed by atoms with Gasteiger partial charge in [0, 0.05) is 17.6 Å². The van der Waals surface area contributed by atoms with E-state index in [1.807, 2.05) is 6.92 Å². The maximum atomic E-state index is 5.58. The van der Waals surface area contributed by atoms with Crippen LogP contribution < -0.4 is 4.74 Å². The fourth-order valence-corrected chi connectivity index (χ4v) is 2.24. The van der Waals surface area contributed by atoms with Crippen molar-refractivity contribution in [3.63, 3.8) is 0 Å². The average Bonchev–Trinajstić information content (AvgIpc) is 2.72. The second kappa shape index (κ2) is 4.23. The zero-order valence-corrected chi connectivity index (χ0v) is 9.38. The first-order valence-corrected chi connectivity index (χ1v) is 5.66. The van der Waals surface area contributed by atoms with Gasteiger partial charge in [-0.25, -0.2) is 0 Å². The van der Waals surface area contributed by atoms with Crippen molar-refractivity contribution in [1.29, 1.82) is 0 Å². The van der Waals surface area contributed by atoms with Crippen molar-refractivity contribution in [2.45, 2.75) is 25.8 Å². The lowest BCUT2D eigenvalue weighted by Gasteiger charge is -2.18. The molecule has 1 unspecified atom stereocenters. The van der Waals surface area contributed by atoms with Gasteiger partial charge in [-0.3, -0.25) is 0 Å². The summed E-state index contributed by atoms with van der Waals surface area (Å²) in [4.78, 5) is 6.50. The Labute approximate surface area is 88.1 Å². The summed E-state index contributed by atoms with van der Waals surface area (Å²) >= 11 is 1.33. The first-order valence-electron chi connectivity index (χ1n) is 4.89. The monoisotopic (exact) mass is 213 g/mol. The van der Waals surface area contributed by atoms with Crippen molar-refractivity contribution in [3.05, 3.63) is 5.82 Å². The zero-order chi connectivity index (χ0) is 9.97. The Kier molecular flexibility index (Phi) is 2.98. The lowest BCUT2D eigenvalue weighted by atomic mass is 10.2. The van der Waals surface area contributed by atoms with Crippen LogP contribution in [0.15, 0.2) is 0 Å². The topological polar surface area (TPSA) is 38.2 Å². The normalized spacial score (nSPS) is 22.9. The molecule has 0 amide bonds. The third-order valence-electron chi connectivity index (χ3n) is 2.58. The number of ether oxygens (including phenoxy) is 1. The van der Waals surface area contributed by atoms with Gasteiger partial charge in [0.05, 0.1) is 0 Å². The summed E-state index contributed by atoms with van der Waals surface area (Å²) in [6.45, 7) is 3.80. The van der Waals surface area contributed by atoms with Gasteiger partial charge in [0.1, 0.15) is 12.4 Å². The molecule has 0 radical (unpaired) electrons. The van der Waals surface area contributed by atoms with Crippen molar-refractivity contribution >= 4 is 11.5 Å². The van der Waals surface area contributed by atoms with Crippen molar-refractivity contribution < 1.29 is 4.74 Å². The third-order valence-corrected chi connectivity index (χ3v) is 3.30. The van der Waals surface area contributed by atoms with Crippen LogP contribution in [0.5, 0.6) is 5.19 Å². The van der Waals surface area contributed by atoms with Gasteiger partial charge in [-0.2, -0.15) is 9.36 Å². The minimum atomic E-state index is 0.555. The van der Waals surface area contributed by atoms with E-state index >= 15 is 0 Å². The van der Waals surface area contributed by atoms with Gasteiger partial charge < -0.3 is 9.64 Å². The standard InChI is InChI=1S/C9H15N3OS/c1-7-10-9(14-11-7)13-6-8-4-3-5-12(8)2/h8H,3-6H2,1-2H3.